The lowest BCUT2D eigenvalue weighted by Crippen LogP contribution is -2.39. The second-order valence-electron chi connectivity index (χ2n) is 5.65. The van der Waals surface area contributed by atoms with E-state index in [1.807, 2.05) is 60.7 Å². The van der Waals surface area contributed by atoms with Crippen LogP contribution in [0, 0.1) is 17.0 Å². The number of hydrogen-bond donors (Lipinski definition) is 1. The van der Waals surface area contributed by atoms with Gasteiger partial charge in [0.25, 0.3) is 11.6 Å². The van der Waals surface area contributed by atoms with Gasteiger partial charge in [-0.15, -0.1) is 0 Å². The highest BCUT2D eigenvalue weighted by Gasteiger charge is 2.20. The Kier molecular flexibility index (Phi) is 4.94. The molecule has 6 heteroatoms. The lowest BCUT2D eigenvalue weighted by Gasteiger charge is -2.25. The van der Waals surface area contributed by atoms with Crippen molar-refractivity contribution in [3.8, 4) is 0 Å². The van der Waals surface area contributed by atoms with Crippen LogP contribution in [0.3, 0.4) is 0 Å². The number of benzene rings is 3. The van der Waals surface area contributed by atoms with Gasteiger partial charge >= 0.3 is 0 Å². The number of nitro benzene ring substituents is 1. The van der Waals surface area contributed by atoms with Crippen LogP contribution in [0.2, 0.25) is 0 Å². The topological polar surface area (TPSA) is 75.5 Å². The Bertz CT molecular complexity index is 888. The molecule has 0 aliphatic carbocycles. The zero-order valence-electron chi connectivity index (χ0n) is 14.1. The van der Waals surface area contributed by atoms with Gasteiger partial charge in [0.1, 0.15) is 0 Å². The number of para-hydroxylation sites is 2. The van der Waals surface area contributed by atoms with E-state index in [2.05, 4.69) is 5.43 Å². The molecule has 0 radical (unpaired) electrons. The molecule has 0 aromatic heterocycles. The maximum absolute atomic E-state index is 12.8. The molecule has 0 aliphatic rings. The molecule has 3 aromatic rings. The van der Waals surface area contributed by atoms with Gasteiger partial charge in [-0.05, 0) is 37.3 Å². The average Bonchev–Trinajstić information content (AvgIpc) is 2.67. The summed E-state index contributed by atoms with van der Waals surface area (Å²) in [6.07, 6.45) is 0. The molecule has 3 aromatic carbocycles. The average molecular weight is 347 g/mol. The van der Waals surface area contributed by atoms with Crippen molar-refractivity contribution in [1.29, 1.82) is 0 Å². The van der Waals surface area contributed by atoms with Gasteiger partial charge in [0.05, 0.1) is 21.9 Å². The Morgan fingerprint density at radius 3 is 1.92 bits per heavy atom. The first-order valence-corrected chi connectivity index (χ1v) is 8.03. The van der Waals surface area contributed by atoms with Crippen molar-refractivity contribution in [2.45, 2.75) is 6.92 Å². The summed E-state index contributed by atoms with van der Waals surface area (Å²) in [6.45, 7) is 1.57. The molecular formula is C20H17N3O3. The lowest BCUT2D eigenvalue weighted by molar-refractivity contribution is -0.385. The summed E-state index contributed by atoms with van der Waals surface area (Å²) in [5.74, 6) is -0.418. The number of amides is 1. The summed E-state index contributed by atoms with van der Waals surface area (Å²) in [6, 6.07) is 23.2. The summed E-state index contributed by atoms with van der Waals surface area (Å²) in [5.41, 5.74) is 4.90. The molecule has 0 fully saturated rings. The Morgan fingerprint density at radius 2 is 1.42 bits per heavy atom. The number of nitrogens with zero attached hydrogens (tertiary/aromatic N) is 2. The number of carbonyl (C=O) groups excluding carboxylic acids is 1. The van der Waals surface area contributed by atoms with Gasteiger partial charge in [0.15, 0.2) is 0 Å². The Balaban J connectivity index is 1.97. The summed E-state index contributed by atoms with van der Waals surface area (Å²) in [5, 5.41) is 12.8. The van der Waals surface area contributed by atoms with Gasteiger partial charge in [-0.2, -0.15) is 0 Å². The number of nitrogens with one attached hydrogen (secondary N) is 1. The minimum atomic E-state index is -0.488. The first-order valence-electron chi connectivity index (χ1n) is 8.03. The summed E-state index contributed by atoms with van der Waals surface area (Å²) in [4.78, 5) is 23.5. The number of hydrazine groups is 1. The van der Waals surface area contributed by atoms with Crippen LogP contribution >= 0.6 is 0 Å². The second-order valence-corrected chi connectivity index (χ2v) is 5.65. The molecule has 0 unspecified atom stereocenters. The predicted octanol–water partition coefficient (Wildman–Crippen LogP) is 4.39. The molecule has 6 nitrogen and oxygen atoms in total. The minimum Gasteiger partial charge on any atom is -0.267 e. The molecule has 3 rings (SSSR count). The van der Waals surface area contributed by atoms with Gasteiger partial charge in [0, 0.05) is 11.6 Å². The van der Waals surface area contributed by atoms with E-state index in [1.165, 1.54) is 12.1 Å². The maximum Gasteiger partial charge on any atom is 0.273 e. The van der Waals surface area contributed by atoms with Crippen molar-refractivity contribution in [1.82, 2.24) is 5.43 Å². The fourth-order valence-electron chi connectivity index (χ4n) is 2.66. The van der Waals surface area contributed by atoms with Crippen LogP contribution in [-0.2, 0) is 0 Å². The third-order valence-electron chi connectivity index (χ3n) is 3.99. The van der Waals surface area contributed by atoms with E-state index in [0.717, 1.165) is 11.4 Å². The van der Waals surface area contributed by atoms with Crippen LogP contribution in [0.4, 0.5) is 17.1 Å². The zero-order valence-corrected chi connectivity index (χ0v) is 14.1. The Hall–Kier alpha value is -3.67. The van der Waals surface area contributed by atoms with Crippen molar-refractivity contribution in [2.75, 3.05) is 5.01 Å². The summed E-state index contributed by atoms with van der Waals surface area (Å²) >= 11 is 0. The molecule has 0 bridgehead atoms. The molecule has 130 valence electrons. The van der Waals surface area contributed by atoms with Crippen molar-refractivity contribution in [3.63, 3.8) is 0 Å². The molecule has 26 heavy (non-hydrogen) atoms. The highest BCUT2D eigenvalue weighted by molar-refractivity contribution is 5.98. The highest BCUT2D eigenvalue weighted by Crippen LogP contribution is 2.25. The van der Waals surface area contributed by atoms with Gasteiger partial charge < -0.3 is 0 Å². The van der Waals surface area contributed by atoms with Gasteiger partial charge in [0.2, 0.25) is 0 Å². The van der Waals surface area contributed by atoms with Crippen molar-refractivity contribution in [3.05, 3.63) is 100 Å². The second kappa shape index (κ2) is 7.48. The first-order chi connectivity index (χ1) is 12.6. The molecular weight excluding hydrogens is 330 g/mol. The molecule has 0 aliphatic heterocycles. The summed E-state index contributed by atoms with van der Waals surface area (Å²) in [7, 11) is 0. The zero-order chi connectivity index (χ0) is 18.5. The lowest BCUT2D eigenvalue weighted by atomic mass is 10.1. The largest absolute Gasteiger partial charge is 0.273 e. The Morgan fingerprint density at radius 1 is 0.885 bits per heavy atom. The van der Waals surface area contributed by atoms with Crippen LogP contribution in [0.5, 0.6) is 0 Å². The summed E-state index contributed by atoms with van der Waals surface area (Å²) < 4.78 is 0. The quantitative estimate of drug-likeness (QED) is 0.549. The third kappa shape index (κ3) is 3.54. The van der Waals surface area contributed by atoms with E-state index < -0.39 is 10.8 Å². The smallest absolute Gasteiger partial charge is 0.267 e. The van der Waals surface area contributed by atoms with E-state index in [4.69, 9.17) is 0 Å². The fourth-order valence-corrected chi connectivity index (χ4v) is 2.66. The molecule has 0 saturated carbocycles. The van der Waals surface area contributed by atoms with Crippen molar-refractivity contribution < 1.29 is 9.72 Å². The standard InChI is InChI=1S/C20H17N3O3/c1-15-18(13-8-14-19(15)23(25)26)20(24)21-22(16-9-4-2-5-10-16)17-11-6-3-7-12-17/h2-14H,1H3,(H,21,24). The first kappa shape index (κ1) is 17.2. The number of anilines is 2. The van der Waals surface area contributed by atoms with E-state index in [9.17, 15) is 14.9 Å². The van der Waals surface area contributed by atoms with E-state index in [-0.39, 0.29) is 11.3 Å². The predicted molar refractivity (Wildman–Crippen MR) is 100 cm³/mol. The normalized spacial score (nSPS) is 10.2. The number of rotatable bonds is 5. The van der Waals surface area contributed by atoms with Crippen LogP contribution in [-0.4, -0.2) is 10.8 Å². The van der Waals surface area contributed by atoms with Crippen molar-refractivity contribution in [2.24, 2.45) is 0 Å². The van der Waals surface area contributed by atoms with Gasteiger partial charge in [-0.3, -0.25) is 25.3 Å². The van der Waals surface area contributed by atoms with Gasteiger partial charge in [-0.25, -0.2) is 0 Å². The van der Waals surface area contributed by atoms with E-state index >= 15 is 0 Å². The molecule has 0 spiro atoms. The van der Waals surface area contributed by atoms with Crippen LogP contribution in [0.25, 0.3) is 0 Å². The molecule has 0 atom stereocenters. The van der Waals surface area contributed by atoms with E-state index in [0.29, 0.717) is 5.56 Å². The fraction of sp³-hybridized carbons (Fsp3) is 0.0500. The Labute approximate surface area is 150 Å². The number of nitro groups is 1. The van der Waals surface area contributed by atoms with Crippen molar-refractivity contribution >= 4 is 23.0 Å². The molecule has 1 N–H and O–H groups in total. The third-order valence-corrected chi connectivity index (χ3v) is 3.99. The molecule has 0 heterocycles. The highest BCUT2D eigenvalue weighted by atomic mass is 16.6. The number of carbonyl (C=O) groups is 1. The minimum absolute atomic E-state index is 0.0800. The SMILES string of the molecule is Cc1c(C(=O)NN(c2ccccc2)c2ccccc2)cccc1[N+](=O)[O-]. The van der Waals surface area contributed by atoms with E-state index in [1.54, 1.807) is 18.0 Å². The monoisotopic (exact) mass is 347 g/mol. The molecule has 1 amide bonds. The van der Waals surface area contributed by atoms with Crippen LogP contribution in [0.1, 0.15) is 15.9 Å². The molecule has 0 saturated heterocycles. The van der Waals surface area contributed by atoms with Gasteiger partial charge in [-0.1, -0.05) is 42.5 Å². The maximum atomic E-state index is 12.8. The van der Waals surface area contributed by atoms with Crippen LogP contribution in [0.15, 0.2) is 78.9 Å². The number of hydrogen-bond acceptors (Lipinski definition) is 4. The van der Waals surface area contributed by atoms with Crippen LogP contribution < -0.4 is 10.4 Å².